The fraction of sp³-hybridized carbons (Fsp3) is 0.0909. The van der Waals surface area contributed by atoms with Crippen molar-refractivity contribution in [3.05, 3.63) is 92.9 Å². The minimum atomic E-state index is -0.242. The van der Waals surface area contributed by atoms with Crippen LogP contribution in [0.5, 0.6) is 0 Å². The summed E-state index contributed by atoms with van der Waals surface area (Å²) in [5.41, 5.74) is 2.41. The molecule has 0 atom stereocenters. The van der Waals surface area contributed by atoms with Crippen LogP contribution in [0, 0.1) is 6.92 Å². The van der Waals surface area contributed by atoms with E-state index in [1.54, 1.807) is 42.5 Å². The Morgan fingerprint density at radius 3 is 2.43 bits per heavy atom. The lowest BCUT2D eigenvalue weighted by molar-refractivity contribution is -0.113. The Hall–Kier alpha value is -2.08. The van der Waals surface area contributed by atoms with Crippen LogP contribution in [0.1, 0.15) is 21.5 Å². The van der Waals surface area contributed by atoms with Gasteiger partial charge in [0.05, 0.1) is 16.5 Å². The summed E-state index contributed by atoms with van der Waals surface area (Å²) in [7, 11) is 0. The molecule has 0 fully saturated rings. The Bertz CT molecular complexity index is 1020. The molecule has 0 saturated carbocycles. The summed E-state index contributed by atoms with van der Waals surface area (Å²) in [6.45, 7) is 2.02. The van der Waals surface area contributed by atoms with Crippen molar-refractivity contribution >= 4 is 56.7 Å². The highest BCUT2D eigenvalue weighted by Crippen LogP contribution is 2.27. The van der Waals surface area contributed by atoms with Crippen molar-refractivity contribution in [3.63, 3.8) is 0 Å². The van der Waals surface area contributed by atoms with Crippen LogP contribution < -0.4 is 5.32 Å². The Kier molecular flexibility index (Phi) is 6.94. The molecule has 0 bridgehead atoms. The summed E-state index contributed by atoms with van der Waals surface area (Å²) in [4.78, 5) is 26.4. The molecule has 0 heterocycles. The van der Waals surface area contributed by atoms with Crippen LogP contribution in [0.25, 0.3) is 0 Å². The summed E-state index contributed by atoms with van der Waals surface area (Å²) in [6.07, 6.45) is 0. The second-order valence-corrected chi connectivity index (χ2v) is 8.52. The standard InChI is InChI=1S/C22H17BrClNO2S/c1-14-6-9-16(10-7-14)28-13-21(26)25-20-11-8-15(23)12-18(20)22(27)17-4-2-3-5-19(17)24/h2-12H,13H2,1H3,(H,25,26). The van der Waals surface area contributed by atoms with Gasteiger partial charge in [0, 0.05) is 20.5 Å². The van der Waals surface area contributed by atoms with Crippen molar-refractivity contribution in [1.29, 1.82) is 0 Å². The van der Waals surface area contributed by atoms with Gasteiger partial charge >= 0.3 is 0 Å². The van der Waals surface area contributed by atoms with Gasteiger partial charge in [0.1, 0.15) is 0 Å². The molecule has 0 radical (unpaired) electrons. The van der Waals surface area contributed by atoms with E-state index < -0.39 is 0 Å². The number of nitrogens with one attached hydrogen (secondary N) is 1. The highest BCUT2D eigenvalue weighted by molar-refractivity contribution is 9.10. The van der Waals surface area contributed by atoms with Gasteiger partial charge in [-0.15, -0.1) is 11.8 Å². The van der Waals surface area contributed by atoms with E-state index in [4.69, 9.17) is 11.6 Å². The fourth-order valence-electron chi connectivity index (χ4n) is 2.57. The van der Waals surface area contributed by atoms with E-state index in [1.165, 1.54) is 17.3 Å². The first-order valence-corrected chi connectivity index (χ1v) is 10.7. The summed E-state index contributed by atoms with van der Waals surface area (Å²) in [5, 5.41) is 3.22. The maximum Gasteiger partial charge on any atom is 0.234 e. The van der Waals surface area contributed by atoms with Gasteiger partial charge in [-0.25, -0.2) is 0 Å². The molecule has 3 aromatic carbocycles. The molecule has 28 heavy (non-hydrogen) atoms. The lowest BCUT2D eigenvalue weighted by Gasteiger charge is -2.12. The minimum absolute atomic E-state index is 0.180. The molecule has 0 aromatic heterocycles. The summed E-state index contributed by atoms with van der Waals surface area (Å²) < 4.78 is 0.745. The zero-order valence-electron chi connectivity index (χ0n) is 15.0. The lowest BCUT2D eigenvalue weighted by atomic mass is 10.0. The van der Waals surface area contributed by atoms with Crippen LogP contribution in [0.2, 0.25) is 5.02 Å². The normalized spacial score (nSPS) is 10.5. The predicted molar refractivity (Wildman–Crippen MR) is 120 cm³/mol. The average Bonchev–Trinajstić information content (AvgIpc) is 2.69. The van der Waals surface area contributed by atoms with Crippen molar-refractivity contribution in [2.45, 2.75) is 11.8 Å². The quantitative estimate of drug-likeness (QED) is 0.333. The third-order valence-electron chi connectivity index (χ3n) is 4.01. The number of anilines is 1. The predicted octanol–water partition coefficient (Wildman–Crippen LogP) is 6.37. The summed E-state index contributed by atoms with van der Waals surface area (Å²) in [6, 6.07) is 20.0. The zero-order chi connectivity index (χ0) is 20.1. The second-order valence-electron chi connectivity index (χ2n) is 6.15. The number of thioether (sulfide) groups is 1. The third kappa shape index (κ3) is 5.25. The number of ketones is 1. The van der Waals surface area contributed by atoms with Crippen molar-refractivity contribution in [2.24, 2.45) is 0 Å². The zero-order valence-corrected chi connectivity index (χ0v) is 18.2. The van der Waals surface area contributed by atoms with E-state index in [2.05, 4.69) is 21.2 Å². The van der Waals surface area contributed by atoms with Gasteiger partial charge < -0.3 is 5.32 Å². The number of hydrogen-bond acceptors (Lipinski definition) is 3. The van der Waals surface area contributed by atoms with Crippen LogP contribution in [0.4, 0.5) is 5.69 Å². The SMILES string of the molecule is Cc1ccc(SCC(=O)Nc2ccc(Br)cc2C(=O)c2ccccc2Cl)cc1. The van der Waals surface area contributed by atoms with E-state index in [-0.39, 0.29) is 17.4 Å². The van der Waals surface area contributed by atoms with Crippen molar-refractivity contribution in [1.82, 2.24) is 0 Å². The number of rotatable bonds is 6. The molecular formula is C22H17BrClNO2S. The Balaban J connectivity index is 1.77. The molecule has 1 amide bonds. The van der Waals surface area contributed by atoms with Gasteiger partial charge in [0.15, 0.2) is 5.78 Å². The molecule has 0 aliphatic heterocycles. The molecule has 0 spiro atoms. The molecule has 0 aliphatic carbocycles. The van der Waals surface area contributed by atoms with Crippen LogP contribution in [0.3, 0.4) is 0 Å². The van der Waals surface area contributed by atoms with Crippen LogP contribution >= 0.6 is 39.3 Å². The van der Waals surface area contributed by atoms with Gasteiger partial charge in [0.25, 0.3) is 0 Å². The molecule has 142 valence electrons. The molecular weight excluding hydrogens is 458 g/mol. The molecule has 0 unspecified atom stereocenters. The molecule has 3 rings (SSSR count). The lowest BCUT2D eigenvalue weighted by Crippen LogP contribution is -2.17. The van der Waals surface area contributed by atoms with Crippen LogP contribution in [-0.2, 0) is 4.79 Å². The first-order chi connectivity index (χ1) is 13.4. The topological polar surface area (TPSA) is 46.2 Å². The maximum absolute atomic E-state index is 13.0. The van der Waals surface area contributed by atoms with Gasteiger partial charge in [0.2, 0.25) is 5.91 Å². The van der Waals surface area contributed by atoms with Gasteiger partial charge in [-0.1, -0.05) is 57.4 Å². The number of halogens is 2. The monoisotopic (exact) mass is 473 g/mol. The molecule has 1 N–H and O–H groups in total. The van der Waals surface area contributed by atoms with Gasteiger partial charge in [-0.2, -0.15) is 0 Å². The maximum atomic E-state index is 13.0. The van der Waals surface area contributed by atoms with Gasteiger partial charge in [-0.3, -0.25) is 9.59 Å². The Labute approximate surface area is 181 Å². The van der Waals surface area contributed by atoms with E-state index in [0.717, 1.165) is 9.37 Å². The third-order valence-corrected chi connectivity index (χ3v) is 5.84. The number of carbonyl (C=O) groups excluding carboxylic acids is 2. The molecule has 0 aliphatic rings. The highest BCUT2D eigenvalue weighted by atomic mass is 79.9. The van der Waals surface area contributed by atoms with Crippen molar-refractivity contribution in [2.75, 3.05) is 11.1 Å². The van der Waals surface area contributed by atoms with E-state index in [1.807, 2.05) is 31.2 Å². The molecule has 6 heteroatoms. The first kappa shape index (κ1) is 20.6. The van der Waals surface area contributed by atoms with Crippen molar-refractivity contribution < 1.29 is 9.59 Å². The Morgan fingerprint density at radius 2 is 1.71 bits per heavy atom. The van der Waals surface area contributed by atoms with E-state index >= 15 is 0 Å². The summed E-state index contributed by atoms with van der Waals surface area (Å²) >= 11 is 11.0. The van der Waals surface area contributed by atoms with E-state index in [0.29, 0.717) is 21.8 Å². The first-order valence-electron chi connectivity index (χ1n) is 8.52. The number of benzene rings is 3. The van der Waals surface area contributed by atoms with Crippen LogP contribution in [0.15, 0.2) is 76.1 Å². The minimum Gasteiger partial charge on any atom is -0.325 e. The largest absolute Gasteiger partial charge is 0.325 e. The van der Waals surface area contributed by atoms with E-state index in [9.17, 15) is 9.59 Å². The molecule has 3 aromatic rings. The summed E-state index contributed by atoms with van der Waals surface area (Å²) in [5.74, 6) is -0.173. The number of carbonyl (C=O) groups is 2. The molecule has 3 nitrogen and oxygen atoms in total. The average molecular weight is 475 g/mol. The number of hydrogen-bond donors (Lipinski definition) is 1. The number of amides is 1. The van der Waals surface area contributed by atoms with Crippen molar-refractivity contribution in [3.8, 4) is 0 Å². The smallest absolute Gasteiger partial charge is 0.234 e. The van der Waals surface area contributed by atoms with Crippen LogP contribution in [-0.4, -0.2) is 17.4 Å². The van der Waals surface area contributed by atoms with Gasteiger partial charge in [-0.05, 0) is 49.4 Å². The number of aryl methyl sites for hydroxylation is 1. The highest BCUT2D eigenvalue weighted by Gasteiger charge is 2.18. The molecule has 0 saturated heterocycles. The fourth-order valence-corrected chi connectivity index (χ4v) is 3.85. The Morgan fingerprint density at radius 1 is 1.00 bits per heavy atom. The second kappa shape index (κ2) is 9.41.